The summed E-state index contributed by atoms with van der Waals surface area (Å²) in [6, 6.07) is 61.0. The molecule has 0 aliphatic heterocycles. The van der Waals surface area contributed by atoms with Gasteiger partial charge in [0, 0.05) is 44.1 Å². The number of hydrogen-bond acceptors (Lipinski definition) is 1. The van der Waals surface area contributed by atoms with Crippen molar-refractivity contribution >= 4 is 49.3 Å². The van der Waals surface area contributed by atoms with Crippen LogP contribution in [0.3, 0.4) is 0 Å². The van der Waals surface area contributed by atoms with Gasteiger partial charge in [0.2, 0.25) is 0 Å². The number of hydrogen-bond donors (Lipinski definition) is 0. The van der Waals surface area contributed by atoms with Gasteiger partial charge in [-0.25, -0.2) is 4.98 Å². The molecule has 3 nitrogen and oxygen atoms in total. The van der Waals surface area contributed by atoms with Gasteiger partial charge < -0.3 is 9.13 Å². The summed E-state index contributed by atoms with van der Waals surface area (Å²) in [5.41, 5.74) is 22.2. The van der Waals surface area contributed by atoms with Crippen LogP contribution < -0.4 is 0 Å². The second-order valence-electron chi connectivity index (χ2n) is 18.5. The molecule has 0 saturated carbocycles. The lowest BCUT2D eigenvalue weighted by Crippen LogP contribution is -2.13. The number of allylic oxidation sites excluding steroid dienone is 8. The smallest absolute Gasteiger partial charge is 0.0744 e. The summed E-state index contributed by atoms with van der Waals surface area (Å²) in [7, 11) is 0. The maximum atomic E-state index is 5.48. The van der Waals surface area contributed by atoms with Gasteiger partial charge in [-0.15, -0.1) is 0 Å². The van der Waals surface area contributed by atoms with E-state index in [2.05, 4.69) is 216 Å². The molecule has 3 aliphatic carbocycles. The van der Waals surface area contributed by atoms with Crippen LogP contribution in [0.1, 0.15) is 54.7 Å². The maximum Gasteiger partial charge on any atom is 0.0744 e. The molecule has 66 heavy (non-hydrogen) atoms. The highest BCUT2D eigenvalue weighted by molar-refractivity contribution is 6.20. The Kier molecular flexibility index (Phi) is 9.23. The highest BCUT2D eigenvalue weighted by Gasteiger charge is 2.28. The maximum absolute atomic E-state index is 5.48. The van der Waals surface area contributed by atoms with Crippen molar-refractivity contribution in [2.24, 2.45) is 0 Å². The average Bonchev–Trinajstić information content (AvgIpc) is 3.87. The second kappa shape index (κ2) is 15.7. The summed E-state index contributed by atoms with van der Waals surface area (Å²) in [5.74, 6) is 0.431. The lowest BCUT2D eigenvalue weighted by atomic mass is 9.75. The highest BCUT2D eigenvalue weighted by atomic mass is 15.0. The Balaban J connectivity index is 1.07. The SMILES string of the molecule is Cc1c(-c2ccccc2)cc(-c2cccc(-n3c4cc5c(cc4c4cc6c7ccccc7n(C7=CCCC=C7)c6cc43)-c3ccccc3C(CC3=CC=CCC3)C5)c2)nc1-c1ccccc1. The van der Waals surface area contributed by atoms with E-state index in [4.69, 9.17) is 4.98 Å². The minimum Gasteiger partial charge on any atom is -0.310 e. The van der Waals surface area contributed by atoms with Crippen LogP contribution in [0.2, 0.25) is 0 Å². The molecule has 0 saturated heterocycles. The van der Waals surface area contributed by atoms with Crippen LogP contribution >= 0.6 is 0 Å². The summed E-state index contributed by atoms with van der Waals surface area (Å²) in [4.78, 5) is 5.48. The van der Waals surface area contributed by atoms with Crippen molar-refractivity contribution < 1.29 is 0 Å². The summed E-state index contributed by atoms with van der Waals surface area (Å²) in [6.45, 7) is 2.21. The normalized spacial score (nSPS) is 15.6. The molecule has 1 unspecified atom stereocenters. The van der Waals surface area contributed by atoms with Gasteiger partial charge in [0.05, 0.1) is 33.5 Å². The standard InChI is InChI=1S/C63H49N3/c1-41-53(43-21-8-3-9-22-43)39-58(64-63(41)44-23-10-4-11-24-44)45-25-18-28-49(35-45)66-60-36-47-34-46(33-42-19-6-2-7-20-42)50-29-14-15-30-51(50)54(47)37-56(60)57-38-55-52-31-16-17-32-59(52)65(61(55)40-62(57)66)48-26-12-5-13-27-48/h2-4,6,8-12,14-19,21-32,35-40,46H,5,7,13,20,33-34H2,1H3. The summed E-state index contributed by atoms with van der Waals surface area (Å²) >= 11 is 0. The Hall–Kier alpha value is -7.75. The largest absolute Gasteiger partial charge is 0.310 e. The van der Waals surface area contributed by atoms with E-state index in [1.165, 1.54) is 88.3 Å². The first kappa shape index (κ1) is 38.7. The summed E-state index contributed by atoms with van der Waals surface area (Å²) in [6.07, 6.45) is 20.5. The van der Waals surface area contributed by atoms with Gasteiger partial charge in [-0.1, -0.05) is 151 Å². The van der Waals surface area contributed by atoms with E-state index in [9.17, 15) is 0 Å². The quantitative estimate of drug-likeness (QED) is 0.157. The van der Waals surface area contributed by atoms with E-state index in [-0.39, 0.29) is 0 Å². The third-order valence-electron chi connectivity index (χ3n) is 14.6. The van der Waals surface area contributed by atoms with Crippen molar-refractivity contribution in [1.29, 1.82) is 0 Å². The minimum absolute atomic E-state index is 0.431. The molecule has 1 atom stereocenters. The van der Waals surface area contributed by atoms with E-state index in [1.807, 2.05) is 0 Å². The molecule has 0 N–H and O–H groups in total. The Labute approximate surface area is 386 Å². The fourth-order valence-electron chi connectivity index (χ4n) is 11.5. The van der Waals surface area contributed by atoms with E-state index >= 15 is 0 Å². The molecular formula is C63H49N3. The van der Waals surface area contributed by atoms with Crippen LogP contribution in [-0.2, 0) is 6.42 Å². The third-order valence-corrected chi connectivity index (χ3v) is 14.6. The molecule has 13 rings (SSSR count). The zero-order chi connectivity index (χ0) is 43.7. The zero-order valence-electron chi connectivity index (χ0n) is 37.2. The predicted molar refractivity (Wildman–Crippen MR) is 278 cm³/mol. The molecule has 7 aromatic carbocycles. The average molecular weight is 848 g/mol. The first-order chi connectivity index (χ1) is 32.6. The molecule has 0 amide bonds. The number of pyridine rings is 1. The Morgan fingerprint density at radius 1 is 0.545 bits per heavy atom. The van der Waals surface area contributed by atoms with E-state index < -0.39 is 0 Å². The van der Waals surface area contributed by atoms with Gasteiger partial charge in [0.25, 0.3) is 0 Å². The molecule has 316 valence electrons. The lowest BCUT2D eigenvalue weighted by molar-refractivity contribution is 0.649. The second-order valence-corrected chi connectivity index (χ2v) is 18.5. The van der Waals surface area contributed by atoms with Gasteiger partial charge in [-0.05, 0) is 145 Å². The van der Waals surface area contributed by atoms with Crippen molar-refractivity contribution in [3.05, 3.63) is 223 Å². The van der Waals surface area contributed by atoms with Crippen molar-refractivity contribution in [2.45, 2.75) is 51.4 Å². The van der Waals surface area contributed by atoms with E-state index in [0.29, 0.717) is 5.92 Å². The summed E-state index contributed by atoms with van der Waals surface area (Å²) in [5, 5.41) is 5.12. The van der Waals surface area contributed by atoms with Crippen molar-refractivity contribution in [2.75, 3.05) is 0 Å². The number of rotatable bonds is 7. The van der Waals surface area contributed by atoms with Gasteiger partial charge >= 0.3 is 0 Å². The monoisotopic (exact) mass is 847 g/mol. The van der Waals surface area contributed by atoms with E-state index in [1.54, 1.807) is 5.57 Å². The topological polar surface area (TPSA) is 22.8 Å². The van der Waals surface area contributed by atoms with Gasteiger partial charge in [0.15, 0.2) is 0 Å². The van der Waals surface area contributed by atoms with Gasteiger partial charge in [-0.2, -0.15) is 0 Å². The molecule has 0 bridgehead atoms. The molecule has 0 fully saturated rings. The zero-order valence-corrected chi connectivity index (χ0v) is 37.2. The molecule has 0 radical (unpaired) electrons. The van der Waals surface area contributed by atoms with Crippen molar-refractivity contribution in [1.82, 2.24) is 14.1 Å². The first-order valence-corrected chi connectivity index (χ1v) is 23.7. The van der Waals surface area contributed by atoms with Crippen LogP contribution in [-0.4, -0.2) is 14.1 Å². The van der Waals surface area contributed by atoms with Crippen LogP contribution in [0.15, 0.2) is 206 Å². The molecule has 3 aliphatic rings. The Morgan fingerprint density at radius 2 is 1.29 bits per heavy atom. The predicted octanol–water partition coefficient (Wildman–Crippen LogP) is 16.8. The fraction of sp³-hybridized carbons (Fsp3) is 0.127. The molecule has 0 spiro atoms. The van der Waals surface area contributed by atoms with E-state index in [0.717, 1.165) is 66.7 Å². The summed E-state index contributed by atoms with van der Waals surface area (Å²) < 4.78 is 5.04. The van der Waals surface area contributed by atoms with Gasteiger partial charge in [0.1, 0.15) is 0 Å². The number of aromatic nitrogens is 3. The molecule has 3 heterocycles. The Bertz CT molecular complexity index is 3640. The molecule has 10 aromatic rings. The number of nitrogens with zero attached hydrogens (tertiary/aromatic N) is 3. The van der Waals surface area contributed by atoms with Crippen LogP contribution in [0, 0.1) is 6.92 Å². The molecule has 3 aromatic heterocycles. The fourth-order valence-corrected chi connectivity index (χ4v) is 11.5. The van der Waals surface area contributed by atoms with Crippen molar-refractivity contribution in [3.63, 3.8) is 0 Å². The highest BCUT2D eigenvalue weighted by Crippen LogP contribution is 2.48. The number of fused-ring (bicyclic) bond motifs is 9. The molecule has 3 heteroatoms. The first-order valence-electron chi connectivity index (χ1n) is 23.7. The number of para-hydroxylation sites is 1. The van der Waals surface area contributed by atoms with Gasteiger partial charge in [-0.3, -0.25) is 0 Å². The minimum atomic E-state index is 0.431. The Morgan fingerprint density at radius 3 is 2.12 bits per heavy atom. The lowest BCUT2D eigenvalue weighted by Gasteiger charge is -2.29. The van der Waals surface area contributed by atoms with Crippen LogP contribution in [0.5, 0.6) is 0 Å². The molecular weight excluding hydrogens is 799 g/mol. The van der Waals surface area contributed by atoms with Crippen molar-refractivity contribution in [3.8, 4) is 50.5 Å². The third kappa shape index (κ3) is 6.36. The van der Waals surface area contributed by atoms with Crippen LogP contribution in [0.25, 0.3) is 99.8 Å². The number of benzene rings is 7. The van der Waals surface area contributed by atoms with Crippen LogP contribution in [0.4, 0.5) is 0 Å².